The van der Waals surface area contributed by atoms with Crippen molar-refractivity contribution in [1.29, 1.82) is 0 Å². The van der Waals surface area contributed by atoms with Gasteiger partial charge in [0.1, 0.15) is 11.8 Å². The van der Waals surface area contributed by atoms with Gasteiger partial charge in [0.2, 0.25) is 0 Å². The maximum atomic E-state index is 12.3. The number of rotatable bonds is 2. The molecule has 112 valence electrons. The van der Waals surface area contributed by atoms with Crippen LogP contribution >= 0.6 is 0 Å². The number of aliphatic carboxylic acids is 1. The lowest BCUT2D eigenvalue weighted by Crippen LogP contribution is -2.41. The predicted octanol–water partition coefficient (Wildman–Crippen LogP) is 3.12. The van der Waals surface area contributed by atoms with Crippen LogP contribution in [0.4, 0.5) is 18.9 Å². The van der Waals surface area contributed by atoms with Crippen LogP contribution in [0.25, 0.3) is 0 Å². The van der Waals surface area contributed by atoms with Crippen molar-refractivity contribution in [3.63, 3.8) is 0 Å². The third-order valence-corrected chi connectivity index (χ3v) is 3.83. The van der Waals surface area contributed by atoms with Gasteiger partial charge >= 0.3 is 12.3 Å². The highest BCUT2D eigenvalue weighted by molar-refractivity contribution is 5.80. The molecule has 0 fully saturated rings. The van der Waals surface area contributed by atoms with Crippen LogP contribution in [-0.4, -0.2) is 23.5 Å². The fraction of sp³-hybridized carbons (Fsp3) is 0.357. The average molecular weight is 299 g/mol. The van der Waals surface area contributed by atoms with E-state index in [1.807, 2.05) is 12.2 Å². The normalized spacial score (nSPS) is 26.7. The van der Waals surface area contributed by atoms with Gasteiger partial charge in [-0.1, -0.05) is 12.2 Å². The van der Waals surface area contributed by atoms with E-state index < -0.39 is 18.4 Å². The number of ether oxygens (including phenoxy) is 1. The molecule has 1 aliphatic heterocycles. The van der Waals surface area contributed by atoms with Crippen LogP contribution in [0.15, 0.2) is 30.4 Å². The van der Waals surface area contributed by atoms with Crippen molar-refractivity contribution in [2.75, 3.05) is 5.32 Å². The second kappa shape index (κ2) is 4.68. The summed E-state index contributed by atoms with van der Waals surface area (Å²) in [4.78, 5) is 11.3. The van der Waals surface area contributed by atoms with E-state index in [2.05, 4.69) is 10.1 Å². The van der Waals surface area contributed by atoms with Crippen LogP contribution in [0, 0.1) is 5.92 Å². The number of hydrogen-bond acceptors (Lipinski definition) is 3. The highest BCUT2D eigenvalue weighted by atomic mass is 19.4. The monoisotopic (exact) mass is 299 g/mol. The lowest BCUT2D eigenvalue weighted by atomic mass is 9.79. The topological polar surface area (TPSA) is 58.6 Å². The Labute approximate surface area is 118 Å². The van der Waals surface area contributed by atoms with E-state index in [4.69, 9.17) is 0 Å². The fourth-order valence-corrected chi connectivity index (χ4v) is 3.01. The van der Waals surface area contributed by atoms with Crippen molar-refractivity contribution in [2.24, 2.45) is 5.92 Å². The molecule has 7 heteroatoms. The lowest BCUT2D eigenvalue weighted by molar-refractivity contribution is -0.274. The molecular weight excluding hydrogens is 287 g/mol. The second-order valence-corrected chi connectivity index (χ2v) is 5.11. The number of nitrogens with one attached hydrogen (secondary N) is 1. The van der Waals surface area contributed by atoms with Crippen molar-refractivity contribution in [1.82, 2.24) is 0 Å². The maximum absolute atomic E-state index is 12.3. The fourth-order valence-electron chi connectivity index (χ4n) is 3.01. The van der Waals surface area contributed by atoms with Crippen LogP contribution in [0.2, 0.25) is 0 Å². The van der Waals surface area contributed by atoms with Gasteiger partial charge in [-0.2, -0.15) is 0 Å². The molecular formula is C14H12F3NO3. The molecule has 1 aromatic carbocycles. The number of halogens is 3. The molecule has 0 aromatic heterocycles. The zero-order valence-corrected chi connectivity index (χ0v) is 10.7. The number of allylic oxidation sites excluding steroid dienone is 2. The van der Waals surface area contributed by atoms with Crippen LogP contribution < -0.4 is 10.1 Å². The molecule has 1 aromatic rings. The van der Waals surface area contributed by atoms with Gasteiger partial charge in [0.25, 0.3) is 0 Å². The third-order valence-electron chi connectivity index (χ3n) is 3.83. The second-order valence-electron chi connectivity index (χ2n) is 5.11. The molecule has 0 unspecified atom stereocenters. The minimum absolute atomic E-state index is 0.198. The summed E-state index contributed by atoms with van der Waals surface area (Å²) in [5.74, 6) is -1.67. The van der Waals surface area contributed by atoms with Gasteiger partial charge in [-0.3, -0.25) is 0 Å². The van der Waals surface area contributed by atoms with Crippen molar-refractivity contribution in [3.05, 3.63) is 35.9 Å². The molecule has 0 amide bonds. The Morgan fingerprint density at radius 3 is 2.81 bits per heavy atom. The molecule has 0 saturated heterocycles. The van der Waals surface area contributed by atoms with E-state index in [-0.39, 0.29) is 17.6 Å². The summed E-state index contributed by atoms with van der Waals surface area (Å²) in [6.45, 7) is 0. The van der Waals surface area contributed by atoms with Crippen molar-refractivity contribution >= 4 is 11.7 Å². The SMILES string of the molecule is O=C(O)[C@@H]1Nc2ccc(OC(F)(F)F)cc2[C@H]2C=CC[C@@H]21. The standard InChI is InChI=1S/C14H12F3NO3/c15-14(16,17)21-7-4-5-11-10(6-7)8-2-1-3-9(8)12(18-11)13(19)20/h1-2,4-6,8-9,12,18H,3H2,(H,19,20)/t8-,9-,12+/m0/s1. The smallest absolute Gasteiger partial charge is 0.480 e. The highest BCUT2D eigenvalue weighted by Crippen LogP contribution is 2.45. The number of fused-ring (bicyclic) bond motifs is 3. The number of carboxylic acids is 1. The first kappa shape index (κ1) is 13.8. The van der Waals surface area contributed by atoms with Gasteiger partial charge < -0.3 is 15.2 Å². The quantitative estimate of drug-likeness (QED) is 0.824. The third kappa shape index (κ3) is 2.55. The maximum Gasteiger partial charge on any atom is 0.573 e. The molecule has 3 atom stereocenters. The summed E-state index contributed by atoms with van der Waals surface area (Å²) in [6, 6.07) is 3.18. The van der Waals surface area contributed by atoms with Gasteiger partial charge in [0.05, 0.1) is 0 Å². The number of carbonyl (C=O) groups is 1. The van der Waals surface area contributed by atoms with E-state index >= 15 is 0 Å². The zero-order valence-electron chi connectivity index (χ0n) is 10.7. The highest BCUT2D eigenvalue weighted by Gasteiger charge is 2.41. The molecule has 2 N–H and O–H groups in total. The molecule has 1 heterocycles. The number of carboxylic acid groups (broad SMARTS) is 1. The van der Waals surface area contributed by atoms with E-state index in [1.54, 1.807) is 0 Å². The predicted molar refractivity (Wildman–Crippen MR) is 68.2 cm³/mol. The molecule has 0 spiro atoms. The van der Waals surface area contributed by atoms with Gasteiger partial charge in [-0.05, 0) is 30.2 Å². The van der Waals surface area contributed by atoms with Crippen LogP contribution in [0.5, 0.6) is 5.75 Å². The molecule has 0 radical (unpaired) electrons. The average Bonchev–Trinajstić information content (AvgIpc) is 2.85. The van der Waals surface area contributed by atoms with E-state index in [0.29, 0.717) is 17.7 Å². The first-order chi connectivity index (χ1) is 9.85. The molecule has 21 heavy (non-hydrogen) atoms. The summed E-state index contributed by atoms with van der Waals surface area (Å²) in [7, 11) is 0. The summed E-state index contributed by atoms with van der Waals surface area (Å²) in [5.41, 5.74) is 1.16. The van der Waals surface area contributed by atoms with Gasteiger partial charge in [0, 0.05) is 17.5 Å². The Kier molecular flexibility index (Phi) is 3.07. The van der Waals surface area contributed by atoms with E-state index in [1.165, 1.54) is 18.2 Å². The Bertz CT molecular complexity index is 612. The van der Waals surface area contributed by atoms with Crippen LogP contribution in [0.1, 0.15) is 17.9 Å². The van der Waals surface area contributed by atoms with Gasteiger partial charge in [-0.15, -0.1) is 13.2 Å². The lowest BCUT2D eigenvalue weighted by Gasteiger charge is -2.34. The molecule has 1 aliphatic carbocycles. The Morgan fingerprint density at radius 1 is 1.38 bits per heavy atom. The minimum Gasteiger partial charge on any atom is -0.480 e. The summed E-state index contributed by atoms with van der Waals surface area (Å²) < 4.78 is 40.8. The van der Waals surface area contributed by atoms with Crippen LogP contribution in [-0.2, 0) is 4.79 Å². The van der Waals surface area contributed by atoms with Crippen molar-refractivity contribution in [2.45, 2.75) is 24.7 Å². The molecule has 4 nitrogen and oxygen atoms in total. The van der Waals surface area contributed by atoms with Crippen LogP contribution in [0.3, 0.4) is 0 Å². The van der Waals surface area contributed by atoms with E-state index in [9.17, 15) is 23.1 Å². The summed E-state index contributed by atoms with van der Waals surface area (Å²) in [5, 5.41) is 12.1. The first-order valence-electron chi connectivity index (χ1n) is 6.41. The summed E-state index contributed by atoms with van der Waals surface area (Å²) in [6.07, 6.45) is -0.458. The molecule has 3 rings (SSSR count). The summed E-state index contributed by atoms with van der Waals surface area (Å²) >= 11 is 0. The van der Waals surface area contributed by atoms with Crippen molar-refractivity contribution in [3.8, 4) is 5.75 Å². The number of alkyl halides is 3. The molecule has 2 aliphatic rings. The van der Waals surface area contributed by atoms with Gasteiger partial charge in [0.15, 0.2) is 0 Å². The number of anilines is 1. The Balaban J connectivity index is 1.97. The number of hydrogen-bond donors (Lipinski definition) is 2. The molecule has 0 bridgehead atoms. The minimum atomic E-state index is -4.75. The first-order valence-corrected chi connectivity index (χ1v) is 6.41. The largest absolute Gasteiger partial charge is 0.573 e. The molecule has 0 saturated carbocycles. The van der Waals surface area contributed by atoms with Crippen molar-refractivity contribution < 1.29 is 27.8 Å². The van der Waals surface area contributed by atoms with E-state index in [0.717, 1.165) is 0 Å². The Morgan fingerprint density at radius 2 is 2.14 bits per heavy atom. The van der Waals surface area contributed by atoms with Gasteiger partial charge in [-0.25, -0.2) is 4.79 Å². The number of benzene rings is 1. The zero-order chi connectivity index (χ0) is 15.2. The Hall–Kier alpha value is -2.18.